The number of carbonyl (C=O) groups is 1. The SMILES string of the molecule is CC1(C)N=C(N)N=C(N)N1OCCOc1ccc(C(=O)/C=C/c2ccccc2)cc1.Cl. The van der Waals surface area contributed by atoms with Crippen molar-refractivity contribution in [3.63, 3.8) is 0 Å². The smallest absolute Gasteiger partial charge is 0.226 e. The van der Waals surface area contributed by atoms with Crippen LogP contribution in [0.2, 0.25) is 0 Å². The molecule has 0 saturated heterocycles. The van der Waals surface area contributed by atoms with E-state index in [2.05, 4.69) is 9.98 Å². The van der Waals surface area contributed by atoms with Gasteiger partial charge in [-0.25, -0.2) is 4.99 Å². The van der Waals surface area contributed by atoms with Crippen LogP contribution in [0.15, 0.2) is 70.7 Å². The molecule has 9 heteroatoms. The molecule has 0 atom stereocenters. The number of hydrogen-bond acceptors (Lipinski definition) is 8. The van der Waals surface area contributed by atoms with Gasteiger partial charge in [0.25, 0.3) is 0 Å². The van der Waals surface area contributed by atoms with Gasteiger partial charge in [0.1, 0.15) is 19.0 Å². The number of hydroxylamine groups is 2. The van der Waals surface area contributed by atoms with Gasteiger partial charge in [0, 0.05) is 5.56 Å². The zero-order chi connectivity index (χ0) is 21.6. The van der Waals surface area contributed by atoms with Crippen LogP contribution in [-0.2, 0) is 4.84 Å². The quantitative estimate of drug-likeness (QED) is 0.368. The highest BCUT2D eigenvalue weighted by atomic mass is 35.5. The monoisotopic (exact) mass is 443 g/mol. The molecule has 8 nitrogen and oxygen atoms in total. The third kappa shape index (κ3) is 6.56. The van der Waals surface area contributed by atoms with Gasteiger partial charge in [-0.15, -0.1) is 12.4 Å². The lowest BCUT2D eigenvalue weighted by Crippen LogP contribution is -2.54. The number of allylic oxidation sites excluding steroid dienone is 1. The van der Waals surface area contributed by atoms with Crippen LogP contribution >= 0.6 is 12.4 Å². The number of aliphatic imine (C=N–C) groups is 2. The topological polar surface area (TPSA) is 116 Å². The second-order valence-electron chi connectivity index (χ2n) is 7.04. The Labute approximate surface area is 187 Å². The van der Waals surface area contributed by atoms with Crippen molar-refractivity contribution >= 4 is 36.2 Å². The first-order chi connectivity index (χ1) is 14.3. The summed E-state index contributed by atoms with van der Waals surface area (Å²) in [6.07, 6.45) is 3.35. The summed E-state index contributed by atoms with van der Waals surface area (Å²) < 4.78 is 5.66. The van der Waals surface area contributed by atoms with E-state index < -0.39 is 5.66 Å². The number of nitrogens with zero attached hydrogens (tertiary/aromatic N) is 3. The number of ether oxygens (including phenoxy) is 1. The van der Waals surface area contributed by atoms with Crippen molar-refractivity contribution in [1.29, 1.82) is 0 Å². The van der Waals surface area contributed by atoms with E-state index in [1.807, 2.05) is 44.2 Å². The third-order valence-corrected chi connectivity index (χ3v) is 4.26. The minimum Gasteiger partial charge on any atom is -0.491 e. The van der Waals surface area contributed by atoms with Crippen molar-refractivity contribution in [2.45, 2.75) is 19.5 Å². The molecule has 0 spiro atoms. The summed E-state index contributed by atoms with van der Waals surface area (Å²) in [7, 11) is 0. The van der Waals surface area contributed by atoms with E-state index in [9.17, 15) is 4.79 Å². The summed E-state index contributed by atoms with van der Waals surface area (Å²) >= 11 is 0. The Hall–Kier alpha value is -3.36. The zero-order valence-electron chi connectivity index (χ0n) is 17.4. The maximum atomic E-state index is 12.3. The van der Waals surface area contributed by atoms with Gasteiger partial charge < -0.3 is 16.2 Å². The van der Waals surface area contributed by atoms with E-state index >= 15 is 0 Å². The van der Waals surface area contributed by atoms with Crippen LogP contribution in [0, 0.1) is 0 Å². The van der Waals surface area contributed by atoms with E-state index in [0.29, 0.717) is 11.3 Å². The number of guanidine groups is 2. The van der Waals surface area contributed by atoms with Gasteiger partial charge in [-0.2, -0.15) is 10.1 Å². The molecule has 0 saturated carbocycles. The van der Waals surface area contributed by atoms with Crippen molar-refractivity contribution < 1.29 is 14.4 Å². The summed E-state index contributed by atoms with van der Waals surface area (Å²) in [4.78, 5) is 26.0. The molecule has 0 radical (unpaired) electrons. The molecule has 1 heterocycles. The third-order valence-electron chi connectivity index (χ3n) is 4.26. The van der Waals surface area contributed by atoms with E-state index in [1.165, 1.54) is 5.06 Å². The van der Waals surface area contributed by atoms with Crippen molar-refractivity contribution in [2.75, 3.05) is 13.2 Å². The predicted molar refractivity (Wildman–Crippen MR) is 124 cm³/mol. The fourth-order valence-electron chi connectivity index (χ4n) is 2.85. The van der Waals surface area contributed by atoms with Crippen LogP contribution in [0.1, 0.15) is 29.8 Å². The lowest BCUT2D eigenvalue weighted by Gasteiger charge is -2.36. The molecule has 4 N–H and O–H groups in total. The number of rotatable bonds is 8. The molecule has 1 aliphatic heterocycles. The van der Waals surface area contributed by atoms with Crippen LogP contribution in [0.3, 0.4) is 0 Å². The van der Waals surface area contributed by atoms with Gasteiger partial charge in [-0.05, 0) is 49.8 Å². The van der Waals surface area contributed by atoms with Crippen LogP contribution in [0.25, 0.3) is 6.08 Å². The second-order valence-corrected chi connectivity index (χ2v) is 7.04. The zero-order valence-corrected chi connectivity index (χ0v) is 18.2. The average Bonchev–Trinajstić information content (AvgIpc) is 2.71. The number of ketones is 1. The van der Waals surface area contributed by atoms with Gasteiger partial charge in [0.05, 0.1) is 0 Å². The van der Waals surface area contributed by atoms with E-state index in [-0.39, 0.29) is 43.3 Å². The van der Waals surface area contributed by atoms with Crippen LogP contribution < -0.4 is 16.2 Å². The highest BCUT2D eigenvalue weighted by Gasteiger charge is 2.33. The summed E-state index contributed by atoms with van der Waals surface area (Å²) in [5, 5.41) is 1.40. The van der Waals surface area contributed by atoms with E-state index in [0.717, 1.165) is 5.56 Å². The van der Waals surface area contributed by atoms with Gasteiger partial charge in [-0.3, -0.25) is 9.63 Å². The maximum Gasteiger partial charge on any atom is 0.226 e. The molecule has 0 bridgehead atoms. The minimum atomic E-state index is -0.759. The Morgan fingerprint density at radius 1 is 1.06 bits per heavy atom. The Balaban J connectivity index is 0.00000341. The van der Waals surface area contributed by atoms with Gasteiger partial charge in [0.15, 0.2) is 11.4 Å². The molecule has 164 valence electrons. The summed E-state index contributed by atoms with van der Waals surface area (Å²) in [5.74, 6) is 0.806. The van der Waals surface area contributed by atoms with Gasteiger partial charge >= 0.3 is 0 Å². The predicted octanol–water partition coefficient (Wildman–Crippen LogP) is 3.00. The standard InChI is InChI=1S/C22H25N5O3.ClH/c1-22(2)26-20(23)25-21(24)27(22)30-15-14-29-18-11-9-17(10-12-18)19(28)13-8-16-6-4-3-5-7-16;/h3-13H,14-15H2,1-2H3,(H4,23,24,25,26);1H/b13-8+;. The van der Waals surface area contributed by atoms with E-state index in [4.69, 9.17) is 21.0 Å². The first-order valence-electron chi connectivity index (χ1n) is 9.48. The Bertz CT molecular complexity index is 972. The van der Waals surface area contributed by atoms with Gasteiger partial charge in [0.2, 0.25) is 11.9 Å². The second kappa shape index (κ2) is 10.6. The molecule has 0 amide bonds. The summed E-state index contributed by atoms with van der Waals surface area (Å²) in [6, 6.07) is 16.6. The first-order valence-corrected chi connectivity index (χ1v) is 9.48. The average molecular weight is 444 g/mol. The molecule has 0 aromatic heterocycles. The van der Waals surface area contributed by atoms with Crippen molar-refractivity contribution in [3.8, 4) is 5.75 Å². The number of nitrogens with two attached hydrogens (primary N) is 2. The Morgan fingerprint density at radius 3 is 2.39 bits per heavy atom. The maximum absolute atomic E-state index is 12.3. The fraction of sp³-hybridized carbons (Fsp3) is 0.227. The van der Waals surface area contributed by atoms with Gasteiger partial charge in [-0.1, -0.05) is 36.4 Å². The summed E-state index contributed by atoms with van der Waals surface area (Å²) in [6.45, 7) is 4.13. The highest BCUT2D eigenvalue weighted by molar-refractivity contribution is 6.06. The Morgan fingerprint density at radius 2 is 1.74 bits per heavy atom. The number of hydrogen-bond donors (Lipinski definition) is 2. The molecule has 2 aromatic carbocycles. The number of benzene rings is 2. The molecule has 31 heavy (non-hydrogen) atoms. The molecular weight excluding hydrogens is 418 g/mol. The first kappa shape index (κ1) is 23.9. The van der Waals surface area contributed by atoms with Crippen molar-refractivity contribution in [2.24, 2.45) is 21.5 Å². The molecule has 0 fully saturated rings. The number of carbonyl (C=O) groups excluding carboxylic acids is 1. The number of halogens is 1. The molecule has 1 aliphatic rings. The molecule has 0 aliphatic carbocycles. The largest absolute Gasteiger partial charge is 0.491 e. The Kier molecular flexibility index (Phi) is 8.18. The minimum absolute atomic E-state index is 0. The molecule has 3 rings (SSSR count). The summed E-state index contributed by atoms with van der Waals surface area (Å²) in [5.41, 5.74) is 12.3. The van der Waals surface area contributed by atoms with Crippen LogP contribution in [-0.4, -0.2) is 41.6 Å². The lowest BCUT2D eigenvalue weighted by atomic mass is 10.1. The lowest BCUT2D eigenvalue weighted by molar-refractivity contribution is -0.161. The fourth-order valence-corrected chi connectivity index (χ4v) is 2.85. The van der Waals surface area contributed by atoms with E-state index in [1.54, 1.807) is 36.4 Å². The normalized spacial score (nSPS) is 15.1. The van der Waals surface area contributed by atoms with Crippen molar-refractivity contribution in [1.82, 2.24) is 5.06 Å². The van der Waals surface area contributed by atoms with Crippen molar-refractivity contribution in [3.05, 3.63) is 71.8 Å². The molecule has 0 unspecified atom stereocenters. The highest BCUT2D eigenvalue weighted by Crippen LogP contribution is 2.20. The molecule has 2 aromatic rings. The van der Waals surface area contributed by atoms with Crippen LogP contribution in [0.4, 0.5) is 0 Å². The van der Waals surface area contributed by atoms with Crippen LogP contribution in [0.5, 0.6) is 5.75 Å². The molecular formula is C22H26ClN5O3.